The van der Waals surface area contributed by atoms with E-state index in [1.165, 1.54) is 25.7 Å². The van der Waals surface area contributed by atoms with Gasteiger partial charge in [0.25, 0.3) is 5.91 Å². The number of benzene rings is 1. The molecular formula is C15H18N2O. The molecule has 1 saturated carbocycles. The quantitative estimate of drug-likeness (QED) is 0.863. The molecule has 0 heterocycles. The Kier molecular flexibility index (Phi) is 3.66. The Morgan fingerprint density at radius 1 is 1.39 bits per heavy atom. The first-order valence-corrected chi connectivity index (χ1v) is 6.47. The molecule has 0 aromatic heterocycles. The van der Waals surface area contributed by atoms with Crippen molar-refractivity contribution in [1.82, 2.24) is 5.32 Å². The van der Waals surface area contributed by atoms with E-state index >= 15 is 0 Å². The fourth-order valence-corrected chi connectivity index (χ4v) is 2.29. The van der Waals surface area contributed by atoms with Crippen LogP contribution in [0.5, 0.6) is 0 Å². The predicted molar refractivity (Wildman–Crippen MR) is 70.1 cm³/mol. The van der Waals surface area contributed by atoms with Crippen molar-refractivity contribution in [1.29, 1.82) is 5.26 Å². The molecule has 1 aliphatic carbocycles. The Labute approximate surface area is 108 Å². The van der Waals surface area contributed by atoms with Crippen LogP contribution in [0.15, 0.2) is 24.3 Å². The lowest BCUT2D eigenvalue weighted by Gasteiger charge is -2.14. The van der Waals surface area contributed by atoms with Crippen molar-refractivity contribution in [3.8, 4) is 6.07 Å². The third kappa shape index (κ3) is 2.89. The highest BCUT2D eigenvalue weighted by atomic mass is 16.1. The summed E-state index contributed by atoms with van der Waals surface area (Å²) in [6.07, 6.45) is 4.83. The highest BCUT2D eigenvalue weighted by molar-refractivity contribution is 5.94. The fourth-order valence-electron chi connectivity index (χ4n) is 2.29. The van der Waals surface area contributed by atoms with Crippen LogP contribution in [0.4, 0.5) is 0 Å². The van der Waals surface area contributed by atoms with Gasteiger partial charge >= 0.3 is 0 Å². The minimum atomic E-state index is -0.0399. The maximum Gasteiger partial charge on any atom is 0.251 e. The first-order chi connectivity index (χ1) is 8.69. The molecule has 1 aromatic rings. The molecule has 0 spiro atoms. The van der Waals surface area contributed by atoms with Gasteiger partial charge in [0, 0.05) is 12.1 Å². The summed E-state index contributed by atoms with van der Waals surface area (Å²) in [5.41, 5.74) is 1.58. The van der Waals surface area contributed by atoms with Gasteiger partial charge in [0.05, 0.1) is 11.6 Å². The SMILES string of the molecule is CCCC1(CNC(=O)c2ccc(C#N)cc2)CC1. The van der Waals surface area contributed by atoms with Crippen molar-refractivity contribution in [2.75, 3.05) is 6.54 Å². The van der Waals surface area contributed by atoms with Gasteiger partial charge in [-0.3, -0.25) is 4.79 Å². The lowest BCUT2D eigenvalue weighted by atomic mass is 10.0. The third-order valence-corrected chi connectivity index (χ3v) is 3.64. The van der Waals surface area contributed by atoms with Gasteiger partial charge in [-0.1, -0.05) is 13.3 Å². The first kappa shape index (κ1) is 12.6. The van der Waals surface area contributed by atoms with E-state index in [0.717, 1.165) is 6.54 Å². The number of hydrogen-bond donors (Lipinski definition) is 1. The topological polar surface area (TPSA) is 52.9 Å². The van der Waals surface area contributed by atoms with E-state index in [1.807, 2.05) is 6.07 Å². The highest BCUT2D eigenvalue weighted by Crippen LogP contribution is 2.48. The van der Waals surface area contributed by atoms with Gasteiger partial charge in [-0.25, -0.2) is 0 Å². The number of amides is 1. The lowest BCUT2D eigenvalue weighted by Crippen LogP contribution is -2.30. The van der Waals surface area contributed by atoms with Gasteiger partial charge in [0.2, 0.25) is 0 Å². The van der Waals surface area contributed by atoms with Gasteiger partial charge in [0.1, 0.15) is 0 Å². The largest absolute Gasteiger partial charge is 0.351 e. The smallest absolute Gasteiger partial charge is 0.251 e. The molecule has 3 nitrogen and oxygen atoms in total. The Bertz CT molecular complexity index is 466. The van der Waals surface area contributed by atoms with Crippen molar-refractivity contribution in [2.24, 2.45) is 5.41 Å². The van der Waals surface area contributed by atoms with Crippen molar-refractivity contribution in [3.05, 3.63) is 35.4 Å². The average molecular weight is 242 g/mol. The molecule has 1 aliphatic rings. The van der Waals surface area contributed by atoms with Crippen LogP contribution in [-0.2, 0) is 0 Å². The van der Waals surface area contributed by atoms with Gasteiger partial charge < -0.3 is 5.32 Å². The summed E-state index contributed by atoms with van der Waals surface area (Å²) in [6, 6.07) is 8.80. The van der Waals surface area contributed by atoms with E-state index in [0.29, 0.717) is 16.5 Å². The summed E-state index contributed by atoms with van der Waals surface area (Å²) in [5, 5.41) is 11.7. The zero-order chi connectivity index (χ0) is 13.0. The van der Waals surface area contributed by atoms with Crippen LogP contribution in [0.1, 0.15) is 48.5 Å². The molecule has 1 fully saturated rings. The summed E-state index contributed by atoms with van der Waals surface area (Å²) in [7, 11) is 0. The Balaban J connectivity index is 1.90. The number of carbonyl (C=O) groups is 1. The number of nitrogens with one attached hydrogen (secondary N) is 1. The molecule has 0 bridgehead atoms. The second-order valence-corrected chi connectivity index (χ2v) is 5.12. The molecule has 1 aromatic carbocycles. The summed E-state index contributed by atoms with van der Waals surface area (Å²) in [5.74, 6) is -0.0399. The lowest BCUT2D eigenvalue weighted by molar-refractivity contribution is 0.0943. The van der Waals surface area contributed by atoms with Crippen LogP contribution in [0.2, 0.25) is 0 Å². The van der Waals surface area contributed by atoms with Crippen LogP contribution < -0.4 is 5.32 Å². The van der Waals surface area contributed by atoms with Crippen molar-refractivity contribution in [3.63, 3.8) is 0 Å². The molecule has 0 atom stereocenters. The van der Waals surface area contributed by atoms with E-state index in [2.05, 4.69) is 12.2 Å². The Morgan fingerprint density at radius 3 is 2.56 bits per heavy atom. The maximum atomic E-state index is 11.9. The van der Waals surface area contributed by atoms with Gasteiger partial charge in [-0.2, -0.15) is 5.26 Å². The number of carbonyl (C=O) groups excluding carboxylic acids is 1. The van der Waals surface area contributed by atoms with Gasteiger partial charge in [0.15, 0.2) is 0 Å². The van der Waals surface area contributed by atoms with Crippen LogP contribution in [0.3, 0.4) is 0 Å². The number of rotatable bonds is 5. The molecule has 1 amide bonds. The van der Waals surface area contributed by atoms with Gasteiger partial charge in [-0.05, 0) is 48.9 Å². The predicted octanol–water partition coefficient (Wildman–Crippen LogP) is 2.87. The van der Waals surface area contributed by atoms with Crippen LogP contribution in [0, 0.1) is 16.7 Å². The number of hydrogen-bond acceptors (Lipinski definition) is 2. The summed E-state index contributed by atoms with van der Waals surface area (Å²) in [6.45, 7) is 2.96. The van der Waals surface area contributed by atoms with Crippen molar-refractivity contribution in [2.45, 2.75) is 32.6 Å². The van der Waals surface area contributed by atoms with Crippen LogP contribution in [-0.4, -0.2) is 12.5 Å². The Morgan fingerprint density at radius 2 is 2.06 bits per heavy atom. The summed E-state index contributed by atoms with van der Waals surface area (Å²) >= 11 is 0. The van der Waals surface area contributed by atoms with E-state index in [9.17, 15) is 4.79 Å². The highest BCUT2D eigenvalue weighted by Gasteiger charge is 2.41. The van der Waals surface area contributed by atoms with E-state index in [1.54, 1.807) is 24.3 Å². The molecular weight excluding hydrogens is 224 g/mol. The minimum absolute atomic E-state index is 0.0399. The van der Waals surface area contributed by atoms with Gasteiger partial charge in [-0.15, -0.1) is 0 Å². The molecule has 2 rings (SSSR count). The molecule has 18 heavy (non-hydrogen) atoms. The minimum Gasteiger partial charge on any atom is -0.351 e. The van der Waals surface area contributed by atoms with E-state index in [4.69, 9.17) is 5.26 Å². The van der Waals surface area contributed by atoms with Crippen molar-refractivity contribution < 1.29 is 4.79 Å². The Hall–Kier alpha value is -1.82. The average Bonchev–Trinajstić information content (AvgIpc) is 3.17. The normalized spacial score (nSPS) is 15.8. The first-order valence-electron chi connectivity index (χ1n) is 6.47. The third-order valence-electron chi connectivity index (χ3n) is 3.64. The molecule has 0 aliphatic heterocycles. The zero-order valence-electron chi connectivity index (χ0n) is 10.7. The standard InChI is InChI=1S/C15H18N2O/c1-2-7-15(8-9-15)11-17-14(18)13-5-3-12(10-16)4-6-13/h3-6H,2,7-9,11H2,1H3,(H,17,18). The maximum absolute atomic E-state index is 11.9. The zero-order valence-corrected chi connectivity index (χ0v) is 10.7. The fraction of sp³-hybridized carbons (Fsp3) is 0.467. The van der Waals surface area contributed by atoms with Crippen LogP contribution >= 0.6 is 0 Å². The molecule has 0 unspecified atom stereocenters. The van der Waals surface area contributed by atoms with E-state index < -0.39 is 0 Å². The molecule has 0 saturated heterocycles. The monoisotopic (exact) mass is 242 g/mol. The molecule has 3 heteroatoms. The molecule has 1 N–H and O–H groups in total. The second kappa shape index (κ2) is 5.22. The molecule has 94 valence electrons. The van der Waals surface area contributed by atoms with E-state index in [-0.39, 0.29) is 5.91 Å². The molecule has 0 radical (unpaired) electrons. The number of nitriles is 1. The van der Waals surface area contributed by atoms with Crippen LogP contribution in [0.25, 0.3) is 0 Å². The second-order valence-electron chi connectivity index (χ2n) is 5.12. The van der Waals surface area contributed by atoms with Crippen molar-refractivity contribution >= 4 is 5.91 Å². The number of nitrogens with zero attached hydrogens (tertiary/aromatic N) is 1. The summed E-state index contributed by atoms with van der Waals surface area (Å²) < 4.78 is 0. The summed E-state index contributed by atoms with van der Waals surface area (Å²) in [4.78, 5) is 11.9.